The van der Waals surface area contributed by atoms with E-state index in [4.69, 9.17) is 8.83 Å². The molecule has 2 aliphatic carbocycles. The lowest BCUT2D eigenvalue weighted by Gasteiger charge is -2.24. The van der Waals surface area contributed by atoms with Gasteiger partial charge >= 0.3 is 0 Å². The number of para-hydroxylation sites is 2. The summed E-state index contributed by atoms with van der Waals surface area (Å²) in [6.07, 6.45) is 0. The zero-order valence-electron chi connectivity index (χ0n) is 43.8. The Hall–Kier alpha value is -9.50. The predicted octanol–water partition coefficient (Wildman–Crippen LogP) is 21.4. The van der Waals surface area contributed by atoms with Crippen molar-refractivity contribution in [1.82, 2.24) is 0 Å². The number of hydrogen-bond acceptors (Lipinski definition) is 2. The van der Waals surface area contributed by atoms with Gasteiger partial charge in [0, 0.05) is 43.5 Å². The maximum atomic E-state index is 7.23. The fourth-order valence-corrected chi connectivity index (χ4v) is 14.5. The molecule has 0 radical (unpaired) electrons. The standard InChI is InChI=1S/C76H50O2/c1-75(2)63-41-62-64(42-61(63)71-65(75)39-59(69-57-29-13-15-33-67(57)77-73(69)71)55-37-35-53(49-25-9-11-27-51(49)55)47-31-17-21-43-19-5-7-23-45(43)47)76(3,4)66-40-60(70-58-30-14-16-34-68(58)78-74(70)72(62)66)56-38-36-54(50-26-10-12-28-52(50)56)48-32-18-22-44-20-6-8-24-46(44)48/h5-42H,1-4H3. The number of hydrogen-bond donors (Lipinski definition) is 0. The van der Waals surface area contributed by atoms with Crippen molar-refractivity contribution in [2.45, 2.75) is 38.5 Å². The molecule has 0 spiro atoms. The SMILES string of the molecule is CC1(C)c2cc3c(cc2-c2c1cc(-c1ccc(-c4cccc5ccccc45)c4ccccc14)c1c2oc2ccccc21)C(C)(C)c1cc(-c2ccc(-c4cccc5ccccc45)c4ccccc24)c2c(oc4ccccc42)c1-3. The van der Waals surface area contributed by atoms with Crippen LogP contribution in [0.1, 0.15) is 49.9 Å². The Labute approximate surface area is 451 Å². The highest BCUT2D eigenvalue weighted by Crippen LogP contribution is 2.61. The van der Waals surface area contributed by atoms with Crippen molar-refractivity contribution in [2.75, 3.05) is 0 Å². The average molecular weight is 995 g/mol. The van der Waals surface area contributed by atoms with Gasteiger partial charge in [-0.25, -0.2) is 0 Å². The second-order valence-corrected chi connectivity index (χ2v) is 23.0. The lowest BCUT2D eigenvalue weighted by molar-refractivity contribution is 0.648. The van der Waals surface area contributed by atoms with Crippen LogP contribution in [0.4, 0.5) is 0 Å². The van der Waals surface area contributed by atoms with Crippen LogP contribution in [0, 0.1) is 0 Å². The van der Waals surface area contributed by atoms with Gasteiger partial charge in [-0.1, -0.05) is 222 Å². The van der Waals surface area contributed by atoms with Crippen molar-refractivity contribution in [3.05, 3.63) is 253 Å². The van der Waals surface area contributed by atoms with Gasteiger partial charge in [-0.3, -0.25) is 0 Å². The Morgan fingerprint density at radius 1 is 0.244 bits per heavy atom. The minimum absolute atomic E-state index is 0.370. The summed E-state index contributed by atoms with van der Waals surface area (Å²) >= 11 is 0. The molecule has 0 fully saturated rings. The molecule has 0 N–H and O–H groups in total. The molecule has 2 aliphatic rings. The quantitative estimate of drug-likeness (QED) is 0.176. The molecule has 366 valence electrons. The van der Waals surface area contributed by atoms with Crippen LogP contribution in [0.5, 0.6) is 0 Å². The van der Waals surface area contributed by atoms with Gasteiger partial charge < -0.3 is 8.83 Å². The van der Waals surface area contributed by atoms with Crippen LogP contribution in [0.2, 0.25) is 0 Å². The van der Waals surface area contributed by atoms with Gasteiger partial charge in [0.05, 0.1) is 0 Å². The molecule has 0 saturated heterocycles. The second kappa shape index (κ2) is 15.6. The maximum absolute atomic E-state index is 7.23. The summed E-state index contributed by atoms with van der Waals surface area (Å²) in [7, 11) is 0. The summed E-state index contributed by atoms with van der Waals surface area (Å²) < 4.78 is 14.5. The Balaban J connectivity index is 0.885. The molecule has 2 heterocycles. The number of rotatable bonds is 4. The molecule has 0 bridgehead atoms. The van der Waals surface area contributed by atoms with Crippen molar-refractivity contribution in [3.8, 4) is 66.8 Å². The maximum Gasteiger partial charge on any atom is 0.144 e. The van der Waals surface area contributed by atoms with Crippen LogP contribution in [0.25, 0.3) is 154 Å². The lowest BCUT2D eigenvalue weighted by Crippen LogP contribution is -2.17. The van der Waals surface area contributed by atoms with Crippen molar-refractivity contribution >= 4 is 87.0 Å². The largest absolute Gasteiger partial charge is 0.455 e. The van der Waals surface area contributed by atoms with Gasteiger partial charge in [-0.05, 0) is 157 Å². The second-order valence-electron chi connectivity index (χ2n) is 23.0. The van der Waals surface area contributed by atoms with Gasteiger partial charge in [-0.2, -0.15) is 0 Å². The summed E-state index contributed by atoms with van der Waals surface area (Å²) in [6, 6.07) is 85.4. The minimum Gasteiger partial charge on any atom is -0.455 e. The third-order valence-electron chi connectivity index (χ3n) is 18.3. The van der Waals surface area contributed by atoms with Crippen molar-refractivity contribution in [2.24, 2.45) is 0 Å². The highest BCUT2D eigenvalue weighted by molar-refractivity contribution is 6.24. The van der Waals surface area contributed by atoms with Gasteiger partial charge in [0.15, 0.2) is 0 Å². The van der Waals surface area contributed by atoms with E-state index in [0.29, 0.717) is 0 Å². The molecule has 15 aromatic rings. The molecule has 2 nitrogen and oxygen atoms in total. The van der Waals surface area contributed by atoms with E-state index in [9.17, 15) is 0 Å². The normalized spacial score (nSPS) is 14.1. The highest BCUT2D eigenvalue weighted by Gasteiger charge is 2.45. The van der Waals surface area contributed by atoms with Gasteiger partial charge in [0.1, 0.15) is 22.3 Å². The van der Waals surface area contributed by atoms with Crippen LogP contribution in [0.15, 0.2) is 239 Å². The average Bonchev–Trinajstić information content (AvgIpc) is 4.36. The molecule has 2 heteroatoms. The lowest BCUT2D eigenvalue weighted by atomic mass is 9.78. The summed E-state index contributed by atoms with van der Waals surface area (Å²) in [6.45, 7) is 9.66. The molecule has 0 atom stereocenters. The minimum atomic E-state index is -0.370. The van der Waals surface area contributed by atoms with E-state index in [1.54, 1.807) is 0 Å². The van der Waals surface area contributed by atoms with Crippen LogP contribution in [-0.2, 0) is 10.8 Å². The first-order valence-electron chi connectivity index (χ1n) is 27.4. The molecule has 0 unspecified atom stereocenters. The predicted molar refractivity (Wildman–Crippen MR) is 328 cm³/mol. The summed E-state index contributed by atoms with van der Waals surface area (Å²) in [5, 5.41) is 14.5. The molecule has 17 rings (SSSR count). The van der Waals surface area contributed by atoms with E-state index in [1.807, 2.05) is 0 Å². The molecule has 0 amide bonds. The Bertz CT molecular complexity index is 4820. The molecule has 2 aromatic heterocycles. The fraction of sp³-hybridized carbons (Fsp3) is 0.0789. The monoisotopic (exact) mass is 994 g/mol. The van der Waals surface area contributed by atoms with Crippen molar-refractivity contribution < 1.29 is 8.83 Å². The van der Waals surface area contributed by atoms with Gasteiger partial charge in [0.2, 0.25) is 0 Å². The highest BCUT2D eigenvalue weighted by atomic mass is 16.3. The Kier molecular flexibility index (Phi) is 8.72. The summed E-state index contributed by atoms with van der Waals surface area (Å²) in [5.74, 6) is 0. The third kappa shape index (κ3) is 5.76. The molecule has 78 heavy (non-hydrogen) atoms. The zero-order valence-corrected chi connectivity index (χ0v) is 43.8. The first kappa shape index (κ1) is 43.7. The van der Waals surface area contributed by atoms with Gasteiger partial charge in [0.25, 0.3) is 0 Å². The van der Waals surface area contributed by atoms with Crippen LogP contribution in [-0.4, -0.2) is 0 Å². The number of benzene rings is 13. The molecule has 13 aromatic carbocycles. The number of furan rings is 2. The zero-order chi connectivity index (χ0) is 51.8. The first-order valence-corrected chi connectivity index (χ1v) is 27.4. The van der Waals surface area contributed by atoms with Crippen LogP contribution >= 0.6 is 0 Å². The van der Waals surface area contributed by atoms with Crippen molar-refractivity contribution in [3.63, 3.8) is 0 Å². The molecule has 0 saturated carbocycles. The van der Waals surface area contributed by atoms with Crippen molar-refractivity contribution in [1.29, 1.82) is 0 Å². The number of fused-ring (bicyclic) bond motifs is 18. The van der Waals surface area contributed by atoms with E-state index in [-0.39, 0.29) is 10.8 Å². The van der Waals surface area contributed by atoms with Crippen LogP contribution in [0.3, 0.4) is 0 Å². The Morgan fingerprint density at radius 3 is 0.936 bits per heavy atom. The van der Waals surface area contributed by atoms with E-state index in [2.05, 4.69) is 258 Å². The fourth-order valence-electron chi connectivity index (χ4n) is 14.5. The molecular formula is C76H50O2. The third-order valence-corrected chi connectivity index (χ3v) is 18.3. The van der Waals surface area contributed by atoms with E-state index in [1.165, 1.54) is 132 Å². The molecule has 0 aliphatic heterocycles. The van der Waals surface area contributed by atoms with E-state index < -0.39 is 0 Å². The Morgan fingerprint density at radius 2 is 0.538 bits per heavy atom. The van der Waals surface area contributed by atoms with E-state index in [0.717, 1.165) is 43.9 Å². The topological polar surface area (TPSA) is 26.3 Å². The first-order chi connectivity index (χ1) is 38.2. The van der Waals surface area contributed by atoms with E-state index >= 15 is 0 Å². The van der Waals surface area contributed by atoms with Gasteiger partial charge in [-0.15, -0.1) is 0 Å². The molecular weight excluding hydrogens is 945 g/mol. The van der Waals surface area contributed by atoms with Crippen LogP contribution < -0.4 is 0 Å². The summed E-state index contributed by atoms with van der Waals surface area (Å²) in [5.41, 5.74) is 22.8. The summed E-state index contributed by atoms with van der Waals surface area (Å²) in [4.78, 5) is 0. The smallest absolute Gasteiger partial charge is 0.144 e.